The van der Waals surface area contributed by atoms with Gasteiger partial charge in [0, 0.05) is 12.2 Å². The Labute approximate surface area is 299 Å². The SMILES string of the molecule is CCCCCOCCOCCOCCOCCOCCOCCOCCOCCOCCOCCOCCOCCOc1ccc(C=O)cc1. The van der Waals surface area contributed by atoms with E-state index in [2.05, 4.69) is 6.92 Å². The highest BCUT2D eigenvalue weighted by Crippen LogP contribution is 2.10. The van der Waals surface area contributed by atoms with Crippen molar-refractivity contribution in [2.75, 3.05) is 165 Å². The average Bonchev–Trinajstić information content (AvgIpc) is 3.14. The van der Waals surface area contributed by atoms with Crippen LogP contribution in [0.5, 0.6) is 5.75 Å². The molecule has 0 fully saturated rings. The summed E-state index contributed by atoms with van der Waals surface area (Å²) in [4.78, 5) is 10.6. The van der Waals surface area contributed by atoms with Gasteiger partial charge in [0.1, 0.15) is 18.6 Å². The van der Waals surface area contributed by atoms with Crippen LogP contribution in [0.4, 0.5) is 0 Å². The van der Waals surface area contributed by atoms with E-state index >= 15 is 0 Å². The maximum Gasteiger partial charge on any atom is 0.150 e. The quantitative estimate of drug-likeness (QED) is 0.0722. The molecule has 0 aromatic heterocycles. The van der Waals surface area contributed by atoms with Crippen molar-refractivity contribution in [1.82, 2.24) is 0 Å². The Morgan fingerprint density at radius 2 is 0.620 bits per heavy atom. The standard InChI is InChI=1S/C36H64O14/c1-2-3-4-9-38-10-11-39-12-13-40-14-15-41-16-17-42-18-19-43-20-21-44-22-23-45-24-25-46-26-27-47-28-29-48-30-31-49-32-33-50-36-7-5-35(34-37)6-8-36/h5-8,34H,2-4,9-33H2,1H3. The molecule has 1 rings (SSSR count). The fourth-order valence-electron chi connectivity index (χ4n) is 3.84. The molecule has 14 nitrogen and oxygen atoms in total. The summed E-state index contributed by atoms with van der Waals surface area (Å²) < 4.78 is 71.3. The van der Waals surface area contributed by atoms with Crippen molar-refractivity contribution >= 4 is 6.29 Å². The highest BCUT2D eigenvalue weighted by atomic mass is 16.6. The van der Waals surface area contributed by atoms with E-state index in [9.17, 15) is 4.79 Å². The first-order valence-corrected chi connectivity index (χ1v) is 18.0. The summed E-state index contributed by atoms with van der Waals surface area (Å²) >= 11 is 0. The smallest absolute Gasteiger partial charge is 0.150 e. The van der Waals surface area contributed by atoms with Gasteiger partial charge in [0.2, 0.25) is 0 Å². The van der Waals surface area contributed by atoms with Gasteiger partial charge in [-0.25, -0.2) is 0 Å². The lowest BCUT2D eigenvalue weighted by atomic mass is 10.2. The van der Waals surface area contributed by atoms with Gasteiger partial charge in [0.15, 0.2) is 0 Å². The first kappa shape index (κ1) is 46.2. The molecular weight excluding hydrogens is 656 g/mol. The Bertz CT molecular complexity index is 802. The van der Waals surface area contributed by atoms with Crippen LogP contribution < -0.4 is 4.74 Å². The Morgan fingerprint density at radius 3 is 0.880 bits per heavy atom. The number of unbranched alkanes of at least 4 members (excludes halogenated alkanes) is 2. The lowest BCUT2D eigenvalue weighted by Crippen LogP contribution is -2.15. The minimum absolute atomic E-state index is 0.430. The summed E-state index contributed by atoms with van der Waals surface area (Å²) in [6.45, 7) is 15.3. The molecule has 0 atom stereocenters. The third-order valence-corrected chi connectivity index (χ3v) is 6.50. The van der Waals surface area contributed by atoms with Crippen LogP contribution in [0, 0.1) is 0 Å². The summed E-state index contributed by atoms with van der Waals surface area (Å²) in [5.74, 6) is 0.704. The molecule has 0 bridgehead atoms. The molecule has 292 valence electrons. The molecule has 1 aromatic carbocycles. The first-order valence-electron chi connectivity index (χ1n) is 18.0. The van der Waals surface area contributed by atoms with E-state index in [4.69, 9.17) is 61.6 Å². The van der Waals surface area contributed by atoms with Crippen LogP contribution in [0.3, 0.4) is 0 Å². The van der Waals surface area contributed by atoms with Crippen molar-refractivity contribution in [3.05, 3.63) is 29.8 Å². The summed E-state index contributed by atoms with van der Waals surface area (Å²) in [5, 5.41) is 0. The van der Waals surface area contributed by atoms with Gasteiger partial charge in [-0.15, -0.1) is 0 Å². The van der Waals surface area contributed by atoms with Crippen LogP contribution >= 0.6 is 0 Å². The van der Waals surface area contributed by atoms with Gasteiger partial charge in [0.05, 0.1) is 152 Å². The number of hydrogen-bond donors (Lipinski definition) is 0. The number of ether oxygens (including phenoxy) is 13. The highest BCUT2D eigenvalue weighted by molar-refractivity contribution is 5.74. The van der Waals surface area contributed by atoms with E-state index < -0.39 is 0 Å². The average molecular weight is 721 g/mol. The van der Waals surface area contributed by atoms with Crippen LogP contribution in [0.25, 0.3) is 0 Å². The minimum Gasteiger partial charge on any atom is -0.491 e. The summed E-state index contributed by atoms with van der Waals surface area (Å²) in [6, 6.07) is 6.94. The Morgan fingerprint density at radius 1 is 0.360 bits per heavy atom. The molecule has 0 unspecified atom stereocenters. The summed E-state index contributed by atoms with van der Waals surface area (Å²) in [6.07, 6.45) is 4.33. The topological polar surface area (TPSA) is 137 Å². The van der Waals surface area contributed by atoms with Gasteiger partial charge in [-0.1, -0.05) is 19.8 Å². The first-order chi connectivity index (χ1) is 24.9. The second-order valence-electron chi connectivity index (χ2n) is 10.6. The molecule has 14 heteroatoms. The number of carbonyl (C=O) groups is 1. The van der Waals surface area contributed by atoms with Crippen LogP contribution in [0.15, 0.2) is 24.3 Å². The van der Waals surface area contributed by atoms with Crippen LogP contribution in [-0.4, -0.2) is 171 Å². The van der Waals surface area contributed by atoms with E-state index in [0.717, 1.165) is 19.3 Å². The molecule has 50 heavy (non-hydrogen) atoms. The maximum atomic E-state index is 10.6. The molecule has 0 radical (unpaired) electrons. The zero-order valence-corrected chi connectivity index (χ0v) is 30.4. The van der Waals surface area contributed by atoms with Gasteiger partial charge >= 0.3 is 0 Å². The zero-order chi connectivity index (χ0) is 35.7. The Kier molecular flexibility index (Phi) is 37.0. The van der Waals surface area contributed by atoms with Crippen molar-refractivity contribution < 1.29 is 66.4 Å². The molecule has 0 spiro atoms. The summed E-state index contributed by atoms with van der Waals surface area (Å²) in [7, 11) is 0. The predicted octanol–water partition coefficient (Wildman–Crippen LogP) is 3.27. The van der Waals surface area contributed by atoms with Crippen molar-refractivity contribution in [3.63, 3.8) is 0 Å². The molecule has 0 N–H and O–H groups in total. The van der Waals surface area contributed by atoms with E-state index in [1.807, 2.05) is 0 Å². The monoisotopic (exact) mass is 720 g/mol. The molecular formula is C36H64O14. The third-order valence-electron chi connectivity index (χ3n) is 6.50. The molecule has 0 saturated heterocycles. The van der Waals surface area contributed by atoms with Crippen molar-refractivity contribution in [1.29, 1.82) is 0 Å². The van der Waals surface area contributed by atoms with Crippen LogP contribution in [0.2, 0.25) is 0 Å². The van der Waals surface area contributed by atoms with Gasteiger partial charge in [-0.2, -0.15) is 0 Å². The summed E-state index contributed by atoms with van der Waals surface area (Å²) in [5.41, 5.74) is 0.618. The highest BCUT2D eigenvalue weighted by Gasteiger charge is 1.98. The number of rotatable bonds is 42. The number of benzene rings is 1. The Hall–Kier alpha value is -1.79. The molecule has 0 saturated carbocycles. The minimum atomic E-state index is 0.430. The van der Waals surface area contributed by atoms with Crippen LogP contribution in [-0.2, 0) is 56.8 Å². The molecule has 0 amide bonds. The number of aldehydes is 1. The second kappa shape index (κ2) is 40.0. The molecule has 0 aliphatic rings. The maximum absolute atomic E-state index is 10.6. The van der Waals surface area contributed by atoms with E-state index in [0.29, 0.717) is 170 Å². The fraction of sp³-hybridized carbons (Fsp3) is 0.806. The lowest BCUT2D eigenvalue weighted by molar-refractivity contribution is -0.0285. The van der Waals surface area contributed by atoms with Gasteiger partial charge in [-0.3, -0.25) is 4.79 Å². The van der Waals surface area contributed by atoms with Gasteiger partial charge in [0.25, 0.3) is 0 Å². The second-order valence-corrected chi connectivity index (χ2v) is 10.6. The van der Waals surface area contributed by atoms with Crippen molar-refractivity contribution in [2.24, 2.45) is 0 Å². The van der Waals surface area contributed by atoms with Gasteiger partial charge < -0.3 is 61.6 Å². The van der Waals surface area contributed by atoms with Crippen molar-refractivity contribution in [2.45, 2.75) is 26.2 Å². The molecule has 1 aromatic rings. The largest absolute Gasteiger partial charge is 0.491 e. The van der Waals surface area contributed by atoms with E-state index in [1.165, 1.54) is 12.8 Å². The molecule has 0 aliphatic carbocycles. The normalized spacial score (nSPS) is 11.4. The molecule has 0 heterocycles. The molecule has 0 aliphatic heterocycles. The van der Waals surface area contributed by atoms with Gasteiger partial charge in [-0.05, 0) is 30.7 Å². The fourth-order valence-corrected chi connectivity index (χ4v) is 3.84. The zero-order valence-electron chi connectivity index (χ0n) is 30.4. The van der Waals surface area contributed by atoms with E-state index in [-0.39, 0.29) is 0 Å². The number of carbonyl (C=O) groups excluding carboxylic acids is 1. The lowest BCUT2D eigenvalue weighted by Gasteiger charge is -2.09. The van der Waals surface area contributed by atoms with Crippen molar-refractivity contribution in [3.8, 4) is 5.75 Å². The Balaban J connectivity index is 1.62. The van der Waals surface area contributed by atoms with E-state index in [1.54, 1.807) is 24.3 Å². The predicted molar refractivity (Wildman–Crippen MR) is 187 cm³/mol. The van der Waals surface area contributed by atoms with Crippen LogP contribution in [0.1, 0.15) is 36.5 Å². The third kappa shape index (κ3) is 34.6. The number of hydrogen-bond acceptors (Lipinski definition) is 14.